The number of hydrogen-bond acceptors (Lipinski definition) is 5. The van der Waals surface area contributed by atoms with Crippen molar-refractivity contribution in [3.05, 3.63) is 11.4 Å². The van der Waals surface area contributed by atoms with E-state index in [-0.39, 0.29) is 16.6 Å². The number of unbranched alkanes of at least 4 members (excludes halogenated alkanes) is 1. The van der Waals surface area contributed by atoms with Crippen molar-refractivity contribution in [1.29, 1.82) is 0 Å². The highest BCUT2D eigenvalue weighted by Gasteiger charge is 2.20. The number of thiophene rings is 1. The van der Waals surface area contributed by atoms with Crippen molar-refractivity contribution in [2.24, 2.45) is 5.73 Å². The fraction of sp³-hybridized carbons (Fsp3) is 0.556. The van der Waals surface area contributed by atoms with Crippen molar-refractivity contribution in [2.75, 3.05) is 20.2 Å². The molecule has 0 bridgehead atoms. The van der Waals surface area contributed by atoms with Crippen LogP contribution >= 0.6 is 23.7 Å². The Kier molecular flexibility index (Phi) is 7.73. The first kappa shape index (κ1) is 16.7. The third kappa shape index (κ3) is 4.81. The molecular weight excluding hydrogens is 284 g/mol. The molecule has 5 nitrogen and oxygen atoms in total. The zero-order valence-electron chi connectivity index (χ0n) is 9.51. The standard InChI is InChI=1S/C9H16N2O3S2.ClH/c1-14-8-4-7-15-9(8)16(12,13)11-6-3-2-5-10;/h4,7,11H,2-3,5-6,10H2,1H3;1H. The minimum Gasteiger partial charge on any atom is -0.494 e. The largest absolute Gasteiger partial charge is 0.494 e. The van der Waals surface area contributed by atoms with E-state index < -0.39 is 10.0 Å². The second-order valence-corrected chi connectivity index (χ2v) is 6.05. The minimum atomic E-state index is -3.44. The summed E-state index contributed by atoms with van der Waals surface area (Å²) in [5, 5.41) is 1.69. The average molecular weight is 301 g/mol. The molecule has 0 atom stereocenters. The highest BCUT2D eigenvalue weighted by Crippen LogP contribution is 2.28. The van der Waals surface area contributed by atoms with Gasteiger partial charge in [-0.15, -0.1) is 23.7 Å². The normalized spacial score (nSPS) is 10.9. The van der Waals surface area contributed by atoms with Crippen molar-refractivity contribution in [1.82, 2.24) is 4.72 Å². The molecule has 0 unspecified atom stereocenters. The number of nitrogens with one attached hydrogen (secondary N) is 1. The number of ether oxygens (including phenoxy) is 1. The Morgan fingerprint density at radius 1 is 1.47 bits per heavy atom. The lowest BCUT2D eigenvalue weighted by atomic mass is 10.3. The lowest BCUT2D eigenvalue weighted by molar-refractivity contribution is 0.406. The summed E-state index contributed by atoms with van der Waals surface area (Å²) in [4.78, 5) is 0. The van der Waals surface area contributed by atoms with Gasteiger partial charge in [-0.3, -0.25) is 0 Å². The van der Waals surface area contributed by atoms with Gasteiger partial charge in [0.2, 0.25) is 0 Å². The SMILES string of the molecule is COc1ccsc1S(=O)(=O)NCCCCN.Cl. The monoisotopic (exact) mass is 300 g/mol. The maximum absolute atomic E-state index is 11.8. The molecule has 0 amide bonds. The van der Waals surface area contributed by atoms with Crippen LogP contribution in [-0.2, 0) is 10.0 Å². The molecule has 0 aromatic carbocycles. The second kappa shape index (κ2) is 7.88. The van der Waals surface area contributed by atoms with E-state index in [1.807, 2.05) is 0 Å². The van der Waals surface area contributed by atoms with Gasteiger partial charge >= 0.3 is 0 Å². The number of sulfonamides is 1. The van der Waals surface area contributed by atoms with Gasteiger partial charge in [-0.05, 0) is 30.8 Å². The Balaban J connectivity index is 0.00000256. The Labute approximate surface area is 112 Å². The maximum atomic E-state index is 11.8. The van der Waals surface area contributed by atoms with Gasteiger partial charge in [-0.25, -0.2) is 13.1 Å². The van der Waals surface area contributed by atoms with E-state index in [0.29, 0.717) is 18.8 Å². The van der Waals surface area contributed by atoms with Gasteiger partial charge in [-0.2, -0.15) is 0 Å². The van der Waals surface area contributed by atoms with E-state index in [9.17, 15) is 8.42 Å². The van der Waals surface area contributed by atoms with Crippen LogP contribution in [0.25, 0.3) is 0 Å². The van der Waals surface area contributed by atoms with Crippen molar-refractivity contribution in [3.63, 3.8) is 0 Å². The van der Waals surface area contributed by atoms with Gasteiger partial charge in [0.1, 0.15) is 5.75 Å². The lowest BCUT2D eigenvalue weighted by Crippen LogP contribution is -2.24. The van der Waals surface area contributed by atoms with Crippen LogP contribution in [0.15, 0.2) is 15.7 Å². The summed E-state index contributed by atoms with van der Waals surface area (Å²) in [7, 11) is -1.98. The molecule has 0 aliphatic carbocycles. The molecule has 0 spiro atoms. The quantitative estimate of drug-likeness (QED) is 0.741. The molecule has 0 fully saturated rings. The van der Waals surface area contributed by atoms with Gasteiger partial charge in [0.25, 0.3) is 10.0 Å². The summed E-state index contributed by atoms with van der Waals surface area (Å²) in [6.45, 7) is 0.977. The van der Waals surface area contributed by atoms with Crippen LogP contribution < -0.4 is 15.2 Å². The van der Waals surface area contributed by atoms with E-state index in [0.717, 1.165) is 24.2 Å². The Morgan fingerprint density at radius 2 is 2.18 bits per heavy atom. The number of halogens is 1. The Bertz CT molecular complexity index is 420. The van der Waals surface area contributed by atoms with Gasteiger partial charge in [0, 0.05) is 6.54 Å². The molecular formula is C9H17ClN2O3S2. The number of nitrogens with two attached hydrogens (primary N) is 1. The first-order valence-electron chi connectivity index (χ1n) is 4.93. The molecule has 100 valence electrons. The van der Waals surface area contributed by atoms with Crippen LogP contribution in [0.3, 0.4) is 0 Å². The fourth-order valence-electron chi connectivity index (χ4n) is 1.17. The second-order valence-electron chi connectivity index (χ2n) is 3.17. The van der Waals surface area contributed by atoms with Crippen molar-refractivity contribution < 1.29 is 13.2 Å². The minimum absolute atomic E-state index is 0. The summed E-state index contributed by atoms with van der Waals surface area (Å²) in [5.41, 5.74) is 5.32. The fourth-order valence-corrected chi connectivity index (χ4v) is 3.57. The third-order valence-electron chi connectivity index (χ3n) is 1.98. The first-order chi connectivity index (χ1) is 7.61. The summed E-state index contributed by atoms with van der Waals surface area (Å²) in [5.74, 6) is 0.385. The molecule has 1 rings (SSSR count). The highest BCUT2D eigenvalue weighted by molar-refractivity contribution is 7.91. The summed E-state index contributed by atoms with van der Waals surface area (Å²) in [6.07, 6.45) is 1.55. The molecule has 0 aliphatic rings. The van der Waals surface area contributed by atoms with Crippen LogP contribution in [0.4, 0.5) is 0 Å². The van der Waals surface area contributed by atoms with Gasteiger partial charge in [-0.1, -0.05) is 0 Å². The van der Waals surface area contributed by atoms with E-state index in [4.69, 9.17) is 10.5 Å². The molecule has 1 heterocycles. The maximum Gasteiger partial charge on any atom is 0.253 e. The molecule has 1 aromatic rings. The van der Waals surface area contributed by atoms with Gasteiger partial charge in [0.15, 0.2) is 4.21 Å². The zero-order chi connectivity index (χ0) is 12.0. The van der Waals surface area contributed by atoms with Gasteiger partial charge in [0.05, 0.1) is 7.11 Å². The predicted octanol–water partition coefficient (Wildman–Crippen LogP) is 1.20. The highest BCUT2D eigenvalue weighted by atomic mass is 35.5. The van der Waals surface area contributed by atoms with E-state index in [1.54, 1.807) is 11.4 Å². The molecule has 0 aliphatic heterocycles. The van der Waals surface area contributed by atoms with Crippen molar-refractivity contribution in [2.45, 2.75) is 17.1 Å². The molecule has 0 radical (unpaired) electrons. The Hall–Kier alpha value is -0.340. The lowest BCUT2D eigenvalue weighted by Gasteiger charge is -2.06. The van der Waals surface area contributed by atoms with E-state index >= 15 is 0 Å². The predicted molar refractivity (Wildman–Crippen MR) is 71.6 cm³/mol. The zero-order valence-corrected chi connectivity index (χ0v) is 12.0. The van der Waals surface area contributed by atoms with E-state index in [2.05, 4.69) is 4.72 Å². The smallest absolute Gasteiger partial charge is 0.253 e. The van der Waals surface area contributed by atoms with Crippen molar-refractivity contribution in [3.8, 4) is 5.75 Å². The summed E-state index contributed by atoms with van der Waals surface area (Å²) < 4.78 is 31.4. The number of methoxy groups -OCH3 is 1. The van der Waals surface area contributed by atoms with Crippen LogP contribution in [0.5, 0.6) is 5.75 Å². The first-order valence-corrected chi connectivity index (χ1v) is 7.29. The van der Waals surface area contributed by atoms with Crippen LogP contribution in [0, 0.1) is 0 Å². The molecule has 0 saturated heterocycles. The number of rotatable bonds is 7. The van der Waals surface area contributed by atoms with Crippen molar-refractivity contribution >= 4 is 33.8 Å². The molecule has 3 N–H and O–H groups in total. The Morgan fingerprint density at radius 3 is 2.76 bits per heavy atom. The molecule has 0 saturated carbocycles. The summed E-state index contributed by atoms with van der Waals surface area (Å²) in [6, 6.07) is 1.64. The van der Waals surface area contributed by atoms with Crippen LogP contribution in [0.1, 0.15) is 12.8 Å². The summed E-state index contributed by atoms with van der Waals surface area (Å²) >= 11 is 1.14. The number of hydrogen-bond donors (Lipinski definition) is 2. The topological polar surface area (TPSA) is 81.4 Å². The van der Waals surface area contributed by atoms with Crippen LogP contribution in [0.2, 0.25) is 0 Å². The molecule has 17 heavy (non-hydrogen) atoms. The average Bonchev–Trinajstić information content (AvgIpc) is 2.73. The third-order valence-corrected chi connectivity index (χ3v) is 4.89. The van der Waals surface area contributed by atoms with E-state index in [1.165, 1.54) is 7.11 Å². The molecule has 1 aromatic heterocycles. The molecule has 8 heteroatoms. The van der Waals surface area contributed by atoms with Gasteiger partial charge < -0.3 is 10.5 Å². The van der Waals surface area contributed by atoms with Crippen LogP contribution in [-0.4, -0.2) is 28.6 Å².